The van der Waals surface area contributed by atoms with Crippen LogP contribution in [0.2, 0.25) is 0 Å². The highest BCUT2D eigenvalue weighted by molar-refractivity contribution is 7.20. The van der Waals surface area contributed by atoms with Gasteiger partial charge in [-0.15, -0.1) is 0 Å². The summed E-state index contributed by atoms with van der Waals surface area (Å²) in [5.41, 5.74) is 7.64. The zero-order valence-corrected chi connectivity index (χ0v) is 35.0. The number of aromatic nitrogens is 11. The Hall–Kier alpha value is -8.74. The van der Waals surface area contributed by atoms with Crippen LogP contribution >= 0.6 is 0 Å². The van der Waals surface area contributed by atoms with Crippen molar-refractivity contribution in [1.82, 2.24) is 53.6 Å². The maximum atomic E-state index is 4.93. The van der Waals surface area contributed by atoms with Gasteiger partial charge in [-0.2, -0.15) is 0 Å². The monoisotopic (exact) mass is 839 g/mol. The fraction of sp³-hybridized carbons (Fsp3) is 0. The first kappa shape index (κ1) is 36.0. The minimum Gasteiger partial charge on any atom is -0.307 e. The summed E-state index contributed by atoms with van der Waals surface area (Å²) in [4.78, 5) is 37.3. The minimum absolute atomic E-state index is 0.713. The average Bonchev–Trinajstić information content (AvgIpc) is 4.01. The predicted octanol–water partition coefficient (Wildman–Crippen LogP) is 7.52. The Balaban J connectivity index is 1.24. The van der Waals surface area contributed by atoms with E-state index in [9.17, 15) is 0 Å². The third-order valence-corrected chi connectivity index (χ3v) is 17.4. The lowest BCUT2D eigenvalue weighted by Crippen LogP contribution is -2.74. The van der Waals surface area contributed by atoms with E-state index >= 15 is 0 Å². The lowest BCUT2D eigenvalue weighted by atomic mass is 10.1. The minimum atomic E-state index is -2.94. The molecule has 11 nitrogen and oxygen atoms in total. The number of benzene rings is 6. The molecule has 7 aromatic heterocycles. The van der Waals surface area contributed by atoms with Crippen LogP contribution in [0.4, 0.5) is 0 Å². The highest BCUT2D eigenvalue weighted by atomic mass is 28.3. The second kappa shape index (κ2) is 14.2. The van der Waals surface area contributed by atoms with Gasteiger partial charge < -0.3 is 4.57 Å². The molecule has 13 aromatic rings. The fourth-order valence-corrected chi connectivity index (χ4v) is 14.8. The van der Waals surface area contributed by atoms with Crippen LogP contribution in [0.1, 0.15) is 0 Å². The van der Waals surface area contributed by atoms with Crippen molar-refractivity contribution >= 4 is 94.8 Å². The second-order valence-corrected chi connectivity index (χ2v) is 19.6. The predicted molar refractivity (Wildman–Crippen MR) is 255 cm³/mol. The molecule has 300 valence electrons. The highest BCUT2D eigenvalue weighted by Crippen LogP contribution is 2.41. The van der Waals surface area contributed by atoms with Gasteiger partial charge in [-0.1, -0.05) is 121 Å². The van der Waals surface area contributed by atoms with Gasteiger partial charge in [0.15, 0.2) is 8.07 Å². The smallest absolute Gasteiger partial charge is 0.179 e. The summed E-state index contributed by atoms with van der Waals surface area (Å²) >= 11 is 0. The van der Waals surface area contributed by atoms with Crippen molar-refractivity contribution in [2.75, 3.05) is 0 Å². The molecule has 0 spiro atoms. The molecule has 0 radical (unpaired) electrons. The molecule has 0 saturated heterocycles. The largest absolute Gasteiger partial charge is 0.307 e. The topological polar surface area (TPSA) is 118 Å². The van der Waals surface area contributed by atoms with Gasteiger partial charge in [0.05, 0.1) is 22.4 Å². The maximum Gasteiger partial charge on any atom is 0.179 e. The highest BCUT2D eigenvalue weighted by Gasteiger charge is 2.41. The van der Waals surface area contributed by atoms with Gasteiger partial charge in [-0.3, -0.25) is 9.13 Å². The Bertz CT molecular complexity index is 3700. The Kier molecular flexibility index (Phi) is 7.95. The van der Waals surface area contributed by atoms with E-state index in [1.165, 1.54) is 20.7 Å². The summed E-state index contributed by atoms with van der Waals surface area (Å²) in [6.07, 6.45) is 13.7. The quantitative estimate of drug-likeness (QED) is 0.120. The first-order chi connectivity index (χ1) is 31.8. The van der Waals surface area contributed by atoms with Crippen molar-refractivity contribution in [2.45, 2.75) is 0 Å². The van der Waals surface area contributed by atoms with Crippen LogP contribution in [0, 0.1) is 0 Å². The summed E-state index contributed by atoms with van der Waals surface area (Å²) in [5.74, 6) is 0. The van der Waals surface area contributed by atoms with Crippen LogP contribution < -0.4 is 20.7 Å². The van der Waals surface area contributed by atoms with Crippen LogP contribution in [0.5, 0.6) is 0 Å². The summed E-state index contributed by atoms with van der Waals surface area (Å²) < 4.78 is 6.63. The molecule has 12 heteroatoms. The number of fused-ring (bicyclic) bond motifs is 9. The van der Waals surface area contributed by atoms with E-state index in [0.717, 1.165) is 71.7 Å². The van der Waals surface area contributed by atoms with E-state index in [4.69, 9.17) is 19.9 Å². The molecule has 0 atom stereocenters. The van der Waals surface area contributed by atoms with E-state index < -0.39 is 8.07 Å². The van der Waals surface area contributed by atoms with Gasteiger partial charge in [0.25, 0.3) is 0 Å². The molecule has 7 heterocycles. The first-order valence-corrected chi connectivity index (χ1v) is 22.9. The molecule has 0 bridgehead atoms. The van der Waals surface area contributed by atoms with Crippen molar-refractivity contribution in [1.29, 1.82) is 0 Å². The van der Waals surface area contributed by atoms with Gasteiger partial charge in [-0.05, 0) is 51.1 Å². The standard InChI is InChI=1S/C52H33N11Si/c1-5-13-34(14-6-1)61-46-22-21-39(64(36-15-7-2-8-16-36,37-17-9-3-10-18-37)38-19-11-4-12-20-38)25-40(46)41-23-35(62-49-42(26-53-30-57-49)43-27-54-31-58-50(43)62)24-47(48(41)61)63-51-44(28-55-32-59-51)45-29-56-33-60-52(45)63/h1-33H. The van der Waals surface area contributed by atoms with Gasteiger partial charge in [0.2, 0.25) is 0 Å². The molecule has 0 aliphatic carbocycles. The molecular weight excluding hydrogens is 807 g/mol. The summed E-state index contributed by atoms with van der Waals surface area (Å²) in [7, 11) is -2.94. The van der Waals surface area contributed by atoms with Crippen LogP contribution in [0.15, 0.2) is 202 Å². The molecule has 13 rings (SSSR count). The molecule has 0 aliphatic heterocycles. The first-order valence-electron chi connectivity index (χ1n) is 20.9. The zero-order valence-electron chi connectivity index (χ0n) is 34.0. The van der Waals surface area contributed by atoms with Crippen molar-refractivity contribution in [2.24, 2.45) is 0 Å². The number of para-hydroxylation sites is 1. The van der Waals surface area contributed by atoms with Gasteiger partial charge in [0.1, 0.15) is 47.9 Å². The molecule has 0 saturated carbocycles. The van der Waals surface area contributed by atoms with E-state index in [1.807, 2.05) is 24.8 Å². The molecular formula is C52H33N11Si. The van der Waals surface area contributed by atoms with Gasteiger partial charge in [0, 0.05) is 62.8 Å². The Morgan fingerprint density at radius 3 is 1.23 bits per heavy atom. The second-order valence-electron chi connectivity index (χ2n) is 15.8. The number of nitrogens with zero attached hydrogens (tertiary/aromatic N) is 11. The van der Waals surface area contributed by atoms with Gasteiger partial charge >= 0.3 is 0 Å². The van der Waals surface area contributed by atoms with Crippen LogP contribution in [-0.2, 0) is 0 Å². The lowest BCUT2D eigenvalue weighted by Gasteiger charge is -2.34. The van der Waals surface area contributed by atoms with E-state index in [-0.39, 0.29) is 0 Å². The van der Waals surface area contributed by atoms with E-state index in [1.54, 1.807) is 25.3 Å². The SMILES string of the molecule is c1ccc(-n2c3ccc([Si](c4ccccc4)(c4ccccc4)c4ccccc4)cc3c3cc(-n4c5ncncc5c5cncnc54)cc(-n4c5ncncc5c5cncnc54)c32)cc1. The third-order valence-electron chi connectivity index (χ3n) is 12.6. The van der Waals surface area contributed by atoms with Crippen molar-refractivity contribution in [3.8, 4) is 17.1 Å². The molecule has 6 aromatic carbocycles. The summed E-state index contributed by atoms with van der Waals surface area (Å²) in [6.45, 7) is 0. The Labute approximate surface area is 365 Å². The molecule has 0 unspecified atom stereocenters. The number of hydrogen-bond donors (Lipinski definition) is 0. The molecule has 64 heavy (non-hydrogen) atoms. The van der Waals surface area contributed by atoms with Crippen LogP contribution in [0.3, 0.4) is 0 Å². The maximum absolute atomic E-state index is 4.93. The molecule has 0 fully saturated rings. The third kappa shape index (κ3) is 5.14. The van der Waals surface area contributed by atoms with Crippen LogP contribution in [0.25, 0.3) is 83.0 Å². The molecule has 0 aliphatic rings. The summed E-state index contributed by atoms with van der Waals surface area (Å²) in [5, 5.41) is 10.7. The Morgan fingerprint density at radius 1 is 0.328 bits per heavy atom. The van der Waals surface area contributed by atoms with Crippen molar-refractivity contribution in [3.05, 3.63) is 202 Å². The number of hydrogen-bond acceptors (Lipinski definition) is 8. The Morgan fingerprint density at radius 2 is 0.766 bits per heavy atom. The fourth-order valence-electron chi connectivity index (χ4n) is 9.99. The lowest BCUT2D eigenvalue weighted by molar-refractivity contribution is 1.04. The molecule has 0 amide bonds. The van der Waals surface area contributed by atoms with Crippen molar-refractivity contribution in [3.63, 3.8) is 0 Å². The normalized spacial score (nSPS) is 12.1. The zero-order chi connectivity index (χ0) is 42.2. The summed E-state index contributed by atoms with van der Waals surface area (Å²) in [6, 6.07) is 55.3. The average molecular weight is 840 g/mol. The van der Waals surface area contributed by atoms with E-state index in [0.29, 0.717) is 11.3 Å². The van der Waals surface area contributed by atoms with Crippen LogP contribution in [-0.4, -0.2) is 61.6 Å². The van der Waals surface area contributed by atoms with Crippen molar-refractivity contribution < 1.29 is 0 Å². The van der Waals surface area contributed by atoms with E-state index in [2.05, 4.69) is 185 Å². The van der Waals surface area contributed by atoms with Gasteiger partial charge in [-0.25, -0.2) is 39.9 Å². The number of rotatable bonds is 7. The molecule has 0 N–H and O–H groups in total.